The minimum Gasteiger partial charge on any atom is -0.326 e. The van der Waals surface area contributed by atoms with Gasteiger partial charge < -0.3 is 5.32 Å². The van der Waals surface area contributed by atoms with Crippen molar-refractivity contribution in [3.05, 3.63) is 65.0 Å². The molecule has 0 unspecified atom stereocenters. The molecule has 0 aliphatic rings. The molecule has 0 aliphatic heterocycles. The van der Waals surface area contributed by atoms with Crippen molar-refractivity contribution >= 4 is 38.9 Å². The van der Waals surface area contributed by atoms with E-state index in [0.717, 1.165) is 15.6 Å². The van der Waals surface area contributed by atoms with Crippen LogP contribution in [0.25, 0.3) is 10.1 Å². The lowest BCUT2D eigenvalue weighted by Gasteiger charge is -2.15. The molecule has 3 rings (SSSR count). The molecular weight excluding hydrogens is 336 g/mol. The highest BCUT2D eigenvalue weighted by Crippen LogP contribution is 2.29. The van der Waals surface area contributed by atoms with Crippen LogP contribution in [0.1, 0.15) is 34.5 Å². The summed E-state index contributed by atoms with van der Waals surface area (Å²) >= 11 is 1.26. The van der Waals surface area contributed by atoms with Crippen molar-refractivity contribution in [2.45, 2.75) is 19.3 Å². The molecule has 0 spiro atoms. The molecule has 6 heteroatoms. The Morgan fingerprint density at radius 2 is 1.88 bits per heavy atom. The summed E-state index contributed by atoms with van der Waals surface area (Å²) in [5, 5.41) is 12.6. The lowest BCUT2D eigenvalue weighted by Crippen LogP contribution is -2.20. The smallest absolute Gasteiger partial charge is 0.284 e. The first-order valence-corrected chi connectivity index (χ1v) is 8.78. The maximum atomic E-state index is 12.6. The number of nitrogens with one attached hydrogen (secondary N) is 2. The second-order valence-electron chi connectivity index (χ2n) is 5.66. The van der Waals surface area contributed by atoms with Gasteiger partial charge in [0.25, 0.3) is 5.91 Å². The number of carbonyl (C=O) groups excluding carboxylic acids is 2. The molecule has 0 saturated heterocycles. The molecule has 2 aromatic carbocycles. The molecule has 0 bridgehead atoms. The first-order valence-electron chi connectivity index (χ1n) is 7.96. The summed E-state index contributed by atoms with van der Waals surface area (Å²) in [5.41, 5.74) is 3.30. The Labute approximate surface area is 149 Å². The van der Waals surface area contributed by atoms with Crippen molar-refractivity contribution in [2.24, 2.45) is 0 Å². The zero-order valence-corrected chi connectivity index (χ0v) is 14.5. The van der Waals surface area contributed by atoms with Gasteiger partial charge in [-0.1, -0.05) is 43.3 Å². The van der Waals surface area contributed by atoms with Crippen molar-refractivity contribution in [1.82, 2.24) is 5.48 Å². The van der Waals surface area contributed by atoms with Crippen molar-refractivity contribution in [2.75, 3.05) is 5.32 Å². The fourth-order valence-corrected chi connectivity index (χ4v) is 3.75. The Morgan fingerprint density at radius 1 is 1.12 bits per heavy atom. The molecule has 0 aliphatic carbocycles. The average Bonchev–Trinajstić information content (AvgIpc) is 3.06. The summed E-state index contributed by atoms with van der Waals surface area (Å²) < 4.78 is 0.865. The highest BCUT2D eigenvalue weighted by atomic mass is 32.1. The third-order valence-corrected chi connectivity index (χ3v) is 5.14. The number of amides is 2. The van der Waals surface area contributed by atoms with Gasteiger partial charge in [0.2, 0.25) is 5.91 Å². The number of thiophene rings is 1. The summed E-state index contributed by atoms with van der Waals surface area (Å²) in [6, 6.07) is 16.9. The van der Waals surface area contributed by atoms with Gasteiger partial charge in [0.1, 0.15) is 0 Å². The summed E-state index contributed by atoms with van der Waals surface area (Å²) in [6.45, 7) is 1.99. The van der Waals surface area contributed by atoms with Crippen molar-refractivity contribution in [1.29, 1.82) is 0 Å². The van der Waals surface area contributed by atoms with Crippen molar-refractivity contribution < 1.29 is 14.8 Å². The second-order valence-corrected chi connectivity index (χ2v) is 6.75. The van der Waals surface area contributed by atoms with Gasteiger partial charge in [0.15, 0.2) is 0 Å². The van der Waals surface area contributed by atoms with E-state index in [0.29, 0.717) is 17.0 Å². The summed E-state index contributed by atoms with van der Waals surface area (Å²) in [5.74, 6) is -0.809. The third kappa shape index (κ3) is 3.70. The van der Waals surface area contributed by atoms with Crippen LogP contribution in [0.4, 0.5) is 5.69 Å². The lowest BCUT2D eigenvalue weighted by atomic mass is 9.95. The van der Waals surface area contributed by atoms with Gasteiger partial charge in [-0.3, -0.25) is 14.8 Å². The van der Waals surface area contributed by atoms with Crippen LogP contribution in [-0.4, -0.2) is 17.0 Å². The van der Waals surface area contributed by atoms with Gasteiger partial charge in [-0.25, -0.2) is 5.48 Å². The van der Waals surface area contributed by atoms with E-state index in [2.05, 4.69) is 5.32 Å². The van der Waals surface area contributed by atoms with Crippen LogP contribution in [0.5, 0.6) is 0 Å². The average molecular weight is 354 g/mol. The Balaban J connectivity index is 1.82. The van der Waals surface area contributed by atoms with Gasteiger partial charge in [0, 0.05) is 10.4 Å². The summed E-state index contributed by atoms with van der Waals surface area (Å²) in [4.78, 5) is 24.6. The molecule has 0 fully saturated rings. The molecule has 1 atom stereocenters. The zero-order chi connectivity index (χ0) is 17.8. The maximum Gasteiger partial charge on any atom is 0.284 e. The maximum absolute atomic E-state index is 12.6. The standard InChI is InChI=1S/C19H18N2O3S/c1-2-15(12-6-4-3-5-7-12)18(22)20-14-9-8-13-10-17(19(23)21-24)25-16(13)11-14/h3-11,15,24H,2H2,1H3,(H,20,22)(H,21,23)/t15-/m1/s1. The van der Waals surface area contributed by atoms with Crippen LogP contribution in [0, 0.1) is 0 Å². The molecule has 0 saturated carbocycles. The quantitative estimate of drug-likeness (QED) is 0.476. The van der Waals surface area contributed by atoms with Gasteiger partial charge in [-0.2, -0.15) is 0 Å². The molecule has 128 valence electrons. The van der Waals surface area contributed by atoms with Crippen LogP contribution in [0.15, 0.2) is 54.6 Å². The van der Waals surface area contributed by atoms with E-state index in [1.165, 1.54) is 11.3 Å². The fraction of sp³-hybridized carbons (Fsp3) is 0.158. The number of carbonyl (C=O) groups is 2. The predicted octanol–water partition coefficient (Wildman–Crippen LogP) is 4.15. The van der Waals surface area contributed by atoms with E-state index < -0.39 is 5.91 Å². The van der Waals surface area contributed by atoms with Gasteiger partial charge in [0.05, 0.1) is 10.8 Å². The van der Waals surface area contributed by atoms with Crippen LogP contribution >= 0.6 is 11.3 Å². The lowest BCUT2D eigenvalue weighted by molar-refractivity contribution is -0.117. The Hall–Kier alpha value is -2.70. The minimum absolute atomic E-state index is 0.0575. The fourth-order valence-electron chi connectivity index (χ4n) is 2.76. The number of rotatable bonds is 5. The number of fused-ring (bicyclic) bond motifs is 1. The van der Waals surface area contributed by atoms with Gasteiger partial charge in [-0.15, -0.1) is 11.3 Å². The molecule has 25 heavy (non-hydrogen) atoms. The normalized spacial score (nSPS) is 11.9. The first-order chi connectivity index (χ1) is 12.1. The number of benzene rings is 2. The molecule has 5 nitrogen and oxygen atoms in total. The Bertz CT molecular complexity index is 905. The molecule has 3 N–H and O–H groups in total. The van der Waals surface area contributed by atoms with Gasteiger partial charge >= 0.3 is 0 Å². The van der Waals surface area contributed by atoms with Crippen LogP contribution in [0.2, 0.25) is 0 Å². The molecule has 1 heterocycles. The number of hydrogen-bond acceptors (Lipinski definition) is 4. The van der Waals surface area contributed by atoms with Gasteiger partial charge in [-0.05, 0) is 35.6 Å². The molecule has 2 amide bonds. The SMILES string of the molecule is CC[C@@H](C(=O)Nc1ccc2cc(C(=O)NO)sc2c1)c1ccccc1. The van der Waals surface area contributed by atoms with Crippen molar-refractivity contribution in [3.8, 4) is 0 Å². The Kier molecular flexibility index (Phi) is 5.11. The van der Waals surface area contributed by atoms with E-state index in [4.69, 9.17) is 5.21 Å². The summed E-state index contributed by atoms with van der Waals surface area (Å²) in [6.07, 6.45) is 0.706. The van der Waals surface area contributed by atoms with Crippen LogP contribution in [-0.2, 0) is 4.79 Å². The van der Waals surface area contributed by atoms with E-state index in [-0.39, 0.29) is 11.8 Å². The largest absolute Gasteiger partial charge is 0.326 e. The Morgan fingerprint density at radius 3 is 2.56 bits per heavy atom. The second kappa shape index (κ2) is 7.46. The number of anilines is 1. The van der Waals surface area contributed by atoms with E-state index in [1.54, 1.807) is 11.5 Å². The van der Waals surface area contributed by atoms with E-state index >= 15 is 0 Å². The minimum atomic E-state index is -0.540. The zero-order valence-electron chi connectivity index (χ0n) is 13.7. The number of hydroxylamine groups is 1. The van der Waals surface area contributed by atoms with E-state index in [9.17, 15) is 9.59 Å². The number of hydrogen-bond donors (Lipinski definition) is 3. The third-order valence-electron chi connectivity index (χ3n) is 4.04. The topological polar surface area (TPSA) is 78.4 Å². The van der Waals surface area contributed by atoms with Crippen LogP contribution < -0.4 is 10.8 Å². The first kappa shape index (κ1) is 17.1. The molecule has 3 aromatic rings. The molecule has 1 aromatic heterocycles. The predicted molar refractivity (Wildman–Crippen MR) is 99.2 cm³/mol. The molecular formula is C19H18N2O3S. The van der Waals surface area contributed by atoms with Crippen molar-refractivity contribution in [3.63, 3.8) is 0 Å². The monoisotopic (exact) mass is 354 g/mol. The summed E-state index contributed by atoms with van der Waals surface area (Å²) in [7, 11) is 0. The van der Waals surface area contributed by atoms with Crippen LogP contribution in [0.3, 0.4) is 0 Å². The highest BCUT2D eigenvalue weighted by Gasteiger charge is 2.19. The molecule has 0 radical (unpaired) electrons. The van der Waals surface area contributed by atoms with E-state index in [1.807, 2.05) is 55.5 Å². The highest BCUT2D eigenvalue weighted by molar-refractivity contribution is 7.20.